The Bertz CT molecular complexity index is 564. The molecule has 2 rings (SSSR count). The minimum Gasteiger partial charge on any atom is -0.481 e. The van der Waals surface area contributed by atoms with Gasteiger partial charge in [-0.15, -0.1) is 0 Å². The molecule has 0 aliphatic rings. The lowest BCUT2D eigenvalue weighted by Crippen LogP contribution is -2.05. The molecule has 0 spiro atoms. The van der Waals surface area contributed by atoms with Crippen LogP contribution in [0.1, 0.15) is 19.0 Å². The topological polar surface area (TPSA) is 64.9 Å². The number of ether oxygens (including phenoxy) is 1. The summed E-state index contributed by atoms with van der Waals surface area (Å²) in [5.41, 5.74) is 2.54. The van der Waals surface area contributed by atoms with Crippen LogP contribution in [-0.2, 0) is 7.05 Å². The van der Waals surface area contributed by atoms with Gasteiger partial charge in [-0.2, -0.15) is 5.10 Å². The molecular formula is C13H19N5O. The molecule has 2 aromatic rings. The fraction of sp³-hybridized carbons (Fsp3) is 0.462. The molecule has 0 amide bonds. The average Bonchev–Trinajstić information content (AvgIpc) is 2.70. The summed E-state index contributed by atoms with van der Waals surface area (Å²) in [7, 11) is 3.49. The van der Waals surface area contributed by atoms with Crippen molar-refractivity contribution in [1.29, 1.82) is 0 Å². The molecule has 0 bridgehead atoms. The molecule has 0 unspecified atom stereocenters. The maximum atomic E-state index is 5.42. The van der Waals surface area contributed by atoms with Crippen molar-refractivity contribution in [3.8, 4) is 17.1 Å². The molecular weight excluding hydrogens is 242 g/mol. The molecule has 0 fully saturated rings. The van der Waals surface area contributed by atoms with Crippen LogP contribution in [0.25, 0.3) is 11.3 Å². The van der Waals surface area contributed by atoms with Gasteiger partial charge in [0.1, 0.15) is 5.69 Å². The van der Waals surface area contributed by atoms with E-state index in [-0.39, 0.29) is 0 Å². The lowest BCUT2D eigenvalue weighted by molar-refractivity contribution is 0.374. The molecule has 0 radical (unpaired) electrons. The molecule has 0 saturated heterocycles. The van der Waals surface area contributed by atoms with E-state index in [9.17, 15) is 0 Å². The molecule has 0 aliphatic carbocycles. The Kier molecular flexibility index (Phi) is 3.99. The van der Waals surface area contributed by atoms with Gasteiger partial charge in [-0.05, 0) is 13.3 Å². The summed E-state index contributed by atoms with van der Waals surface area (Å²) in [5, 5.41) is 7.66. The van der Waals surface area contributed by atoms with Crippen LogP contribution in [0.2, 0.25) is 0 Å². The number of rotatable bonds is 5. The van der Waals surface area contributed by atoms with Gasteiger partial charge in [0, 0.05) is 26.0 Å². The SMILES string of the molecule is CCCNc1nccnc1-c1c(C)nn(C)c1OC. The number of methoxy groups -OCH3 is 1. The van der Waals surface area contributed by atoms with Crippen LogP contribution in [-0.4, -0.2) is 33.4 Å². The first-order valence-electron chi connectivity index (χ1n) is 6.31. The lowest BCUT2D eigenvalue weighted by Gasteiger charge is -2.10. The van der Waals surface area contributed by atoms with E-state index >= 15 is 0 Å². The fourth-order valence-electron chi connectivity index (χ4n) is 2.04. The highest BCUT2D eigenvalue weighted by Crippen LogP contribution is 2.34. The zero-order chi connectivity index (χ0) is 13.8. The molecule has 0 saturated carbocycles. The van der Waals surface area contributed by atoms with Crippen molar-refractivity contribution >= 4 is 5.82 Å². The third-order valence-electron chi connectivity index (χ3n) is 2.84. The number of aromatic nitrogens is 4. The Morgan fingerprint density at radius 3 is 2.74 bits per heavy atom. The molecule has 0 aliphatic heterocycles. The third-order valence-corrected chi connectivity index (χ3v) is 2.84. The number of nitrogens with one attached hydrogen (secondary N) is 1. The Labute approximate surface area is 112 Å². The number of hydrogen-bond donors (Lipinski definition) is 1. The van der Waals surface area contributed by atoms with Crippen LogP contribution in [0, 0.1) is 6.92 Å². The van der Waals surface area contributed by atoms with Crippen LogP contribution in [0.15, 0.2) is 12.4 Å². The van der Waals surface area contributed by atoms with Crippen LogP contribution in [0.4, 0.5) is 5.82 Å². The second kappa shape index (κ2) is 5.69. The molecule has 6 heteroatoms. The molecule has 2 aromatic heterocycles. The van der Waals surface area contributed by atoms with E-state index in [2.05, 4.69) is 27.3 Å². The smallest absolute Gasteiger partial charge is 0.221 e. The Hall–Kier alpha value is -2.11. The number of hydrogen-bond acceptors (Lipinski definition) is 5. The number of anilines is 1. The van der Waals surface area contributed by atoms with Crippen LogP contribution < -0.4 is 10.1 Å². The zero-order valence-electron chi connectivity index (χ0n) is 11.8. The first kappa shape index (κ1) is 13.3. The fourth-order valence-corrected chi connectivity index (χ4v) is 2.04. The van der Waals surface area contributed by atoms with E-state index in [1.807, 2.05) is 14.0 Å². The van der Waals surface area contributed by atoms with Crippen LogP contribution in [0.5, 0.6) is 5.88 Å². The molecule has 6 nitrogen and oxygen atoms in total. The third kappa shape index (κ3) is 2.52. The van der Waals surface area contributed by atoms with Gasteiger partial charge in [0.15, 0.2) is 5.82 Å². The lowest BCUT2D eigenvalue weighted by atomic mass is 10.1. The molecule has 0 aromatic carbocycles. The van der Waals surface area contributed by atoms with E-state index in [4.69, 9.17) is 4.74 Å². The van der Waals surface area contributed by atoms with Gasteiger partial charge in [0.25, 0.3) is 0 Å². The summed E-state index contributed by atoms with van der Waals surface area (Å²) >= 11 is 0. The second-order valence-electron chi connectivity index (χ2n) is 4.27. The highest BCUT2D eigenvalue weighted by molar-refractivity contribution is 5.76. The summed E-state index contributed by atoms with van der Waals surface area (Å²) in [5.74, 6) is 1.45. The minimum absolute atomic E-state index is 0.692. The molecule has 1 N–H and O–H groups in total. The summed E-state index contributed by atoms with van der Waals surface area (Å²) in [6.45, 7) is 4.91. The van der Waals surface area contributed by atoms with Crippen LogP contribution in [0.3, 0.4) is 0 Å². The number of nitrogens with zero attached hydrogens (tertiary/aromatic N) is 4. The quantitative estimate of drug-likeness (QED) is 0.892. The molecule has 0 atom stereocenters. The van der Waals surface area contributed by atoms with Gasteiger partial charge < -0.3 is 10.1 Å². The van der Waals surface area contributed by atoms with Crippen molar-refractivity contribution in [2.75, 3.05) is 19.0 Å². The van der Waals surface area contributed by atoms with Gasteiger partial charge in [-0.25, -0.2) is 9.67 Å². The molecule has 19 heavy (non-hydrogen) atoms. The van der Waals surface area contributed by atoms with E-state index in [0.717, 1.165) is 35.7 Å². The largest absolute Gasteiger partial charge is 0.481 e. The molecule has 102 valence electrons. The van der Waals surface area contributed by atoms with Crippen molar-refractivity contribution in [2.45, 2.75) is 20.3 Å². The summed E-state index contributed by atoms with van der Waals surface area (Å²) in [4.78, 5) is 8.78. The highest BCUT2D eigenvalue weighted by atomic mass is 16.5. The summed E-state index contributed by atoms with van der Waals surface area (Å²) < 4.78 is 7.13. The van der Waals surface area contributed by atoms with E-state index in [1.54, 1.807) is 24.2 Å². The summed E-state index contributed by atoms with van der Waals surface area (Å²) in [6, 6.07) is 0. The van der Waals surface area contributed by atoms with Gasteiger partial charge in [0.2, 0.25) is 5.88 Å². The minimum atomic E-state index is 0.692. The summed E-state index contributed by atoms with van der Waals surface area (Å²) in [6.07, 6.45) is 4.39. The number of aryl methyl sites for hydroxylation is 2. The van der Waals surface area contributed by atoms with Gasteiger partial charge in [0.05, 0.1) is 18.4 Å². The first-order chi connectivity index (χ1) is 9.19. The van der Waals surface area contributed by atoms with E-state index < -0.39 is 0 Å². The standard InChI is InChI=1S/C13H19N5O/c1-5-6-15-12-11(14-7-8-16-12)10-9(2)17-18(3)13(10)19-4/h7-8H,5-6H2,1-4H3,(H,15,16). The highest BCUT2D eigenvalue weighted by Gasteiger charge is 2.20. The predicted molar refractivity (Wildman–Crippen MR) is 74.3 cm³/mol. The maximum absolute atomic E-state index is 5.42. The van der Waals surface area contributed by atoms with Crippen molar-refractivity contribution in [1.82, 2.24) is 19.7 Å². The first-order valence-corrected chi connectivity index (χ1v) is 6.31. The maximum Gasteiger partial charge on any atom is 0.221 e. The normalized spacial score (nSPS) is 10.5. The molecule has 2 heterocycles. The van der Waals surface area contributed by atoms with E-state index in [1.165, 1.54) is 0 Å². The van der Waals surface area contributed by atoms with E-state index in [0.29, 0.717) is 5.88 Å². The van der Waals surface area contributed by atoms with Crippen molar-refractivity contribution in [3.63, 3.8) is 0 Å². The monoisotopic (exact) mass is 261 g/mol. The van der Waals surface area contributed by atoms with Gasteiger partial charge in [-0.3, -0.25) is 4.98 Å². The van der Waals surface area contributed by atoms with Crippen molar-refractivity contribution in [2.24, 2.45) is 7.05 Å². The van der Waals surface area contributed by atoms with Gasteiger partial charge >= 0.3 is 0 Å². The predicted octanol–water partition coefficient (Wildman–Crippen LogP) is 2.02. The van der Waals surface area contributed by atoms with Crippen LogP contribution >= 0.6 is 0 Å². The zero-order valence-corrected chi connectivity index (χ0v) is 11.8. The van der Waals surface area contributed by atoms with Crippen molar-refractivity contribution in [3.05, 3.63) is 18.1 Å². The Morgan fingerprint density at radius 2 is 2.05 bits per heavy atom. The van der Waals surface area contributed by atoms with Gasteiger partial charge in [-0.1, -0.05) is 6.92 Å². The average molecular weight is 261 g/mol. The second-order valence-corrected chi connectivity index (χ2v) is 4.27. The van der Waals surface area contributed by atoms with Crippen molar-refractivity contribution < 1.29 is 4.74 Å². The Morgan fingerprint density at radius 1 is 1.32 bits per heavy atom. The Balaban J connectivity index is 2.52.